The number of methoxy groups -OCH3 is 2. The number of rotatable bonds is 11. The van der Waals surface area contributed by atoms with E-state index in [9.17, 15) is 19.2 Å². The average molecular weight is 707 g/mol. The normalized spacial score (nSPS) is 27.2. The topological polar surface area (TPSA) is 140 Å². The minimum Gasteiger partial charge on any atom is -0.461 e. The number of esters is 3. The Morgan fingerprint density at radius 1 is 1.11 bits per heavy atom. The smallest absolute Gasteiger partial charge is 0.342 e. The summed E-state index contributed by atoms with van der Waals surface area (Å²) < 4.78 is 33.6. The van der Waals surface area contributed by atoms with E-state index in [1.807, 2.05) is 6.92 Å². The second-order valence-electron chi connectivity index (χ2n) is 11.5. The van der Waals surface area contributed by atoms with Crippen molar-refractivity contribution in [3.05, 3.63) is 34.3 Å². The number of allylic oxidation sites excluding steroid dienone is 1. The highest BCUT2D eigenvalue weighted by atomic mass is 35.5. The average Bonchev–Trinajstić information content (AvgIpc) is 3.58. The predicted molar refractivity (Wildman–Crippen MR) is 175 cm³/mol. The molecule has 6 atom stereocenters. The van der Waals surface area contributed by atoms with Gasteiger partial charge in [-0.2, -0.15) is 0 Å². The molecule has 0 aromatic carbocycles. The zero-order chi connectivity index (χ0) is 34.0. The van der Waals surface area contributed by atoms with Crippen molar-refractivity contribution >= 4 is 58.7 Å². The van der Waals surface area contributed by atoms with Gasteiger partial charge in [0, 0.05) is 43.4 Å². The van der Waals surface area contributed by atoms with E-state index >= 15 is 0 Å². The van der Waals surface area contributed by atoms with E-state index in [4.69, 9.17) is 51.3 Å². The van der Waals surface area contributed by atoms with Gasteiger partial charge in [-0.15, -0.1) is 35.0 Å². The molecule has 2 heterocycles. The molecule has 1 aromatic heterocycles. The van der Waals surface area contributed by atoms with Gasteiger partial charge in [-0.3, -0.25) is 14.4 Å². The number of carbonyl (C=O) groups excluding carboxylic acids is 4. The van der Waals surface area contributed by atoms with Crippen molar-refractivity contribution < 1.29 is 47.3 Å². The molecular formula is C32H45Cl2NO10S. The summed E-state index contributed by atoms with van der Waals surface area (Å²) in [5.74, 6) is -1.52. The Morgan fingerprint density at radius 2 is 1.80 bits per heavy atom. The molecule has 0 saturated heterocycles. The first kappa shape index (κ1) is 38.4. The van der Waals surface area contributed by atoms with Crippen LogP contribution in [0.4, 0.5) is 0 Å². The molecule has 258 valence electrons. The first-order valence-electron chi connectivity index (χ1n) is 15.4. The summed E-state index contributed by atoms with van der Waals surface area (Å²) in [6.07, 6.45) is 0.897. The van der Waals surface area contributed by atoms with Gasteiger partial charge in [0.2, 0.25) is 5.78 Å². The molecule has 1 saturated carbocycles. The third-order valence-corrected chi connectivity index (χ3v) is 9.62. The molecule has 11 nitrogen and oxygen atoms in total. The van der Waals surface area contributed by atoms with Crippen molar-refractivity contribution in [2.75, 3.05) is 57.4 Å². The number of hydrogen-bond donors (Lipinski definition) is 1. The number of furan rings is 1. The first-order chi connectivity index (χ1) is 22.0. The molecule has 5 rings (SSSR count). The minimum atomic E-state index is -0.764. The molecule has 1 N–H and O–H groups in total. The second-order valence-corrected chi connectivity index (χ2v) is 13.4. The summed E-state index contributed by atoms with van der Waals surface area (Å²) in [6.45, 7) is 10.3. The van der Waals surface area contributed by atoms with Crippen molar-refractivity contribution in [1.29, 1.82) is 0 Å². The van der Waals surface area contributed by atoms with E-state index in [-0.39, 0.29) is 46.7 Å². The zero-order valence-corrected chi connectivity index (χ0v) is 29.6. The van der Waals surface area contributed by atoms with E-state index in [1.54, 1.807) is 7.11 Å². The first-order valence-corrected chi connectivity index (χ1v) is 17.6. The Kier molecular flexibility index (Phi) is 14.9. The summed E-state index contributed by atoms with van der Waals surface area (Å²) in [7, 11) is 3.12. The van der Waals surface area contributed by atoms with Gasteiger partial charge in [0.1, 0.15) is 30.1 Å². The molecule has 0 spiro atoms. The zero-order valence-electron chi connectivity index (χ0n) is 27.3. The van der Waals surface area contributed by atoms with E-state index in [2.05, 4.69) is 19.2 Å². The van der Waals surface area contributed by atoms with E-state index < -0.39 is 41.6 Å². The van der Waals surface area contributed by atoms with Crippen LogP contribution in [-0.2, 0) is 33.3 Å². The highest BCUT2D eigenvalue weighted by Gasteiger charge is 2.61. The molecule has 0 amide bonds. The van der Waals surface area contributed by atoms with Crippen LogP contribution in [0.2, 0.25) is 0 Å². The van der Waals surface area contributed by atoms with Gasteiger partial charge in [0.15, 0.2) is 5.76 Å². The number of ether oxygens (including phenoxy) is 5. The van der Waals surface area contributed by atoms with Gasteiger partial charge in [0.25, 0.3) is 0 Å². The largest absolute Gasteiger partial charge is 0.461 e. The van der Waals surface area contributed by atoms with Gasteiger partial charge in [0.05, 0.1) is 30.2 Å². The number of thioether (sulfide) groups is 1. The van der Waals surface area contributed by atoms with Crippen molar-refractivity contribution in [2.24, 2.45) is 11.3 Å². The third-order valence-electron chi connectivity index (χ3n) is 8.72. The lowest BCUT2D eigenvalue weighted by molar-refractivity contribution is -0.157. The fourth-order valence-electron chi connectivity index (χ4n) is 6.97. The van der Waals surface area contributed by atoms with Crippen LogP contribution < -0.4 is 5.32 Å². The molecule has 1 fully saturated rings. The maximum atomic E-state index is 14.0. The van der Waals surface area contributed by atoms with Gasteiger partial charge in [-0.05, 0) is 43.8 Å². The van der Waals surface area contributed by atoms with Crippen LogP contribution in [0.25, 0.3) is 0 Å². The molecule has 1 aromatic rings. The summed E-state index contributed by atoms with van der Waals surface area (Å²) in [4.78, 5) is 51.6. The molecule has 3 aliphatic carbocycles. The van der Waals surface area contributed by atoms with Crippen LogP contribution >= 0.6 is 35.0 Å². The van der Waals surface area contributed by atoms with Crippen LogP contribution in [0.15, 0.2) is 21.8 Å². The Morgan fingerprint density at radius 3 is 2.39 bits per heavy atom. The van der Waals surface area contributed by atoms with Gasteiger partial charge in [-0.25, -0.2) is 4.79 Å². The SMILES string of the molecule is CCNCC.COCCSCC(=O)O[C@H]1CC[C@H]2C3=C(C4c5c(coc5C3=O)C(=O)O[C@@H]4COC)[C@H](OC(C)=O)C[C@]12C.ClCCl. The molecule has 1 aliphatic heterocycles. The Hall–Kier alpha value is -2.09. The second kappa shape index (κ2) is 17.9. The lowest BCUT2D eigenvalue weighted by atomic mass is 9.58. The number of Topliss-reactive ketones (excluding diaryl/α,β-unsaturated/α-hetero) is 1. The minimum absolute atomic E-state index is 0.0984. The number of hydrogen-bond acceptors (Lipinski definition) is 12. The summed E-state index contributed by atoms with van der Waals surface area (Å²) in [5.41, 5.74) is 1.18. The Labute approximate surface area is 284 Å². The van der Waals surface area contributed by atoms with Crippen LogP contribution in [0.3, 0.4) is 0 Å². The molecule has 4 aliphatic rings. The van der Waals surface area contributed by atoms with Gasteiger partial charge >= 0.3 is 17.9 Å². The lowest BCUT2D eigenvalue weighted by Crippen LogP contribution is -2.50. The van der Waals surface area contributed by atoms with E-state index in [0.717, 1.165) is 13.1 Å². The fourth-order valence-corrected chi connectivity index (χ4v) is 7.63. The third kappa shape index (κ3) is 8.30. The van der Waals surface area contributed by atoms with Gasteiger partial charge in [-0.1, -0.05) is 20.8 Å². The molecule has 0 bridgehead atoms. The maximum absolute atomic E-state index is 14.0. The number of halogens is 2. The number of ketones is 1. The van der Waals surface area contributed by atoms with Crippen molar-refractivity contribution in [1.82, 2.24) is 5.32 Å². The predicted octanol–water partition coefficient (Wildman–Crippen LogP) is 5.12. The lowest BCUT2D eigenvalue weighted by Gasteiger charge is -2.48. The van der Waals surface area contributed by atoms with Crippen LogP contribution in [0.1, 0.15) is 79.4 Å². The molecular weight excluding hydrogens is 661 g/mol. The van der Waals surface area contributed by atoms with Crippen LogP contribution in [-0.4, -0.2) is 99.4 Å². The number of fused-ring (bicyclic) bond motifs is 3. The van der Waals surface area contributed by atoms with Crippen molar-refractivity contribution in [3.63, 3.8) is 0 Å². The van der Waals surface area contributed by atoms with E-state index in [1.165, 1.54) is 32.1 Å². The Bertz CT molecular complexity index is 1270. The summed E-state index contributed by atoms with van der Waals surface area (Å²) in [6, 6.07) is 0. The highest BCUT2D eigenvalue weighted by molar-refractivity contribution is 7.99. The standard InChI is InChI=1S/C27H32O10S.C4H11N.CH2Cl2/c1-13(28)35-16-9-27(2)15(5-6-18(27)37-19(29)12-38-8-7-32-3)21-22(16)23-17(11-33-4)36-26(31)14-10-34-25(20(14)23)24(21)30;1-3-5-4-2;2-1-3/h10,15-18,23H,5-9,11-12H2,1-4H3;5H,3-4H2,1-2H3;1H2/t15-,16+,17+,18-,23?,27-;;/m0../s1. The molecule has 1 unspecified atom stereocenters. The summed E-state index contributed by atoms with van der Waals surface area (Å²) in [5, 5.41) is 3.31. The number of alkyl halides is 2. The number of carbonyl (C=O) groups is 4. The quantitative estimate of drug-likeness (QED) is 0.141. The van der Waals surface area contributed by atoms with Crippen LogP contribution in [0.5, 0.6) is 0 Å². The number of nitrogens with one attached hydrogen (secondary N) is 1. The van der Waals surface area contributed by atoms with Crippen molar-refractivity contribution in [2.45, 2.75) is 71.2 Å². The van der Waals surface area contributed by atoms with Crippen LogP contribution in [0, 0.1) is 11.3 Å². The van der Waals surface area contributed by atoms with Crippen molar-refractivity contribution in [3.8, 4) is 0 Å². The molecule has 14 heteroatoms. The highest BCUT2D eigenvalue weighted by Crippen LogP contribution is 2.61. The van der Waals surface area contributed by atoms with Gasteiger partial charge < -0.3 is 33.4 Å². The summed E-state index contributed by atoms with van der Waals surface area (Å²) >= 11 is 11.0. The Balaban J connectivity index is 0.000000647. The number of cyclic esters (lactones) is 1. The maximum Gasteiger partial charge on any atom is 0.342 e. The molecule has 0 radical (unpaired) electrons. The fraction of sp³-hybridized carbons (Fsp3) is 0.688. The van der Waals surface area contributed by atoms with E-state index in [0.29, 0.717) is 48.3 Å². The molecule has 46 heavy (non-hydrogen) atoms. The monoisotopic (exact) mass is 705 g/mol.